The first kappa shape index (κ1) is 18.6. The number of halogens is 1. The number of Topliss-reactive ketones (excluding diaryl/α,β-unsaturated/α-hetero) is 1. The second-order valence-electron chi connectivity index (χ2n) is 7.05. The zero-order valence-electron chi connectivity index (χ0n) is 15.3. The van der Waals surface area contributed by atoms with Gasteiger partial charge in [0.15, 0.2) is 0 Å². The Bertz CT molecular complexity index is 1010. The minimum atomic E-state index is -0.428. The molecule has 0 unspecified atom stereocenters. The molecule has 2 aromatic heterocycles. The highest BCUT2D eigenvalue weighted by Gasteiger charge is 2.28. The van der Waals surface area contributed by atoms with Crippen molar-refractivity contribution in [3.8, 4) is 0 Å². The molecule has 142 valence electrons. The van der Waals surface area contributed by atoms with Crippen LogP contribution in [-0.2, 0) is 16.0 Å². The van der Waals surface area contributed by atoms with Crippen molar-refractivity contribution in [2.24, 2.45) is 0 Å². The van der Waals surface area contributed by atoms with Crippen LogP contribution in [0, 0.1) is 0 Å². The third-order valence-corrected chi connectivity index (χ3v) is 5.50. The summed E-state index contributed by atoms with van der Waals surface area (Å²) in [6.45, 7) is 1.17. The molecule has 0 atom stereocenters. The van der Waals surface area contributed by atoms with Gasteiger partial charge in [0, 0.05) is 36.6 Å². The minimum Gasteiger partial charge on any atom is -0.336 e. The lowest BCUT2D eigenvalue weighted by Crippen LogP contribution is -2.42. The van der Waals surface area contributed by atoms with E-state index in [2.05, 4.69) is 22.1 Å². The molecule has 0 radical (unpaired) electrons. The summed E-state index contributed by atoms with van der Waals surface area (Å²) in [4.78, 5) is 35.1. The topological polar surface area (TPSA) is 63.2 Å². The molecule has 1 saturated heterocycles. The van der Waals surface area contributed by atoms with Crippen molar-refractivity contribution in [3.63, 3.8) is 0 Å². The highest BCUT2D eigenvalue weighted by atomic mass is 35.5. The van der Waals surface area contributed by atoms with E-state index in [1.807, 2.05) is 24.4 Å². The Hall–Kier alpha value is -2.79. The second kappa shape index (κ2) is 8.07. The number of nitrogens with zero attached hydrogens (tertiary/aromatic N) is 3. The van der Waals surface area contributed by atoms with Crippen molar-refractivity contribution < 1.29 is 9.59 Å². The number of likely N-dealkylation sites (tertiary alicyclic amines) is 1. The van der Waals surface area contributed by atoms with Crippen LogP contribution in [-0.4, -0.2) is 39.6 Å². The van der Waals surface area contributed by atoms with Crippen molar-refractivity contribution >= 4 is 34.2 Å². The molecule has 1 aromatic carbocycles. The summed E-state index contributed by atoms with van der Waals surface area (Å²) in [5.74, 6) is -0.484. The van der Waals surface area contributed by atoms with Gasteiger partial charge in [-0.25, -0.2) is 0 Å². The predicted octanol–water partition coefficient (Wildman–Crippen LogP) is 3.80. The first-order valence-corrected chi connectivity index (χ1v) is 9.76. The van der Waals surface area contributed by atoms with E-state index in [4.69, 9.17) is 11.6 Å². The summed E-state index contributed by atoms with van der Waals surface area (Å²) >= 11 is 5.81. The molecule has 28 heavy (non-hydrogen) atoms. The molecule has 1 amide bonds. The molecule has 0 saturated carbocycles. The molecule has 4 rings (SSSR count). The fourth-order valence-corrected chi connectivity index (χ4v) is 3.91. The van der Waals surface area contributed by atoms with Gasteiger partial charge in [-0.15, -0.1) is 0 Å². The van der Waals surface area contributed by atoms with Crippen molar-refractivity contribution in [2.45, 2.75) is 25.2 Å². The first-order chi connectivity index (χ1) is 13.6. The highest BCUT2D eigenvalue weighted by Crippen LogP contribution is 2.32. The van der Waals surface area contributed by atoms with Crippen LogP contribution in [0.25, 0.3) is 10.9 Å². The normalized spacial score (nSPS) is 15.0. The minimum absolute atomic E-state index is 0.00488. The number of rotatable bonds is 4. The number of para-hydroxylation sites is 1. The van der Waals surface area contributed by atoms with E-state index in [0.717, 1.165) is 18.4 Å². The summed E-state index contributed by atoms with van der Waals surface area (Å²) in [5.41, 5.74) is 2.82. The molecular formula is C22H20ClN3O2. The maximum Gasteiger partial charge on any atom is 0.290 e. The van der Waals surface area contributed by atoms with E-state index in [-0.39, 0.29) is 6.42 Å². The summed E-state index contributed by atoms with van der Waals surface area (Å²) in [6, 6.07) is 13.5. The van der Waals surface area contributed by atoms with Crippen molar-refractivity contribution in [3.05, 3.63) is 71.1 Å². The van der Waals surface area contributed by atoms with Crippen LogP contribution >= 0.6 is 11.6 Å². The fraction of sp³-hybridized carbons (Fsp3) is 0.273. The van der Waals surface area contributed by atoms with E-state index in [0.29, 0.717) is 29.7 Å². The van der Waals surface area contributed by atoms with Gasteiger partial charge >= 0.3 is 0 Å². The zero-order chi connectivity index (χ0) is 19.5. The van der Waals surface area contributed by atoms with Crippen molar-refractivity contribution in [2.75, 3.05) is 13.1 Å². The van der Waals surface area contributed by atoms with Crippen LogP contribution < -0.4 is 0 Å². The quantitative estimate of drug-likeness (QED) is 0.632. The Kier molecular flexibility index (Phi) is 5.35. The number of carbonyl (C=O) groups is 2. The number of fused-ring (bicyclic) bond motifs is 1. The summed E-state index contributed by atoms with van der Waals surface area (Å²) in [7, 11) is 0. The van der Waals surface area contributed by atoms with Gasteiger partial charge in [-0.1, -0.05) is 29.8 Å². The lowest BCUT2D eigenvalue weighted by molar-refractivity contribution is -0.145. The van der Waals surface area contributed by atoms with Crippen molar-refractivity contribution in [1.82, 2.24) is 14.9 Å². The van der Waals surface area contributed by atoms with Gasteiger partial charge in [0.1, 0.15) is 0 Å². The summed E-state index contributed by atoms with van der Waals surface area (Å²) < 4.78 is 0. The monoisotopic (exact) mass is 393 g/mol. The van der Waals surface area contributed by atoms with E-state index in [9.17, 15) is 9.59 Å². The van der Waals surface area contributed by atoms with Crippen LogP contribution in [0.1, 0.15) is 30.0 Å². The Morgan fingerprint density at radius 1 is 1.04 bits per heavy atom. The smallest absolute Gasteiger partial charge is 0.290 e. The number of hydrogen-bond acceptors (Lipinski definition) is 4. The lowest BCUT2D eigenvalue weighted by Gasteiger charge is -2.32. The van der Waals surface area contributed by atoms with E-state index in [1.165, 1.54) is 17.1 Å². The number of aromatic nitrogens is 2. The third kappa shape index (κ3) is 3.90. The number of ketones is 1. The molecular weight excluding hydrogens is 374 g/mol. The van der Waals surface area contributed by atoms with Crippen molar-refractivity contribution in [1.29, 1.82) is 0 Å². The number of hydrogen-bond donors (Lipinski definition) is 0. The number of carbonyl (C=O) groups excluding carboxylic acids is 2. The number of piperidine rings is 1. The zero-order valence-corrected chi connectivity index (χ0v) is 16.1. The molecule has 0 N–H and O–H groups in total. The second-order valence-corrected chi connectivity index (χ2v) is 7.49. The Labute approximate surface area is 168 Å². The molecule has 6 heteroatoms. The summed E-state index contributed by atoms with van der Waals surface area (Å²) in [6.07, 6.45) is 5.01. The van der Waals surface area contributed by atoms with Crippen LogP contribution in [0.15, 0.2) is 54.9 Å². The van der Waals surface area contributed by atoms with Gasteiger partial charge in [-0.2, -0.15) is 0 Å². The van der Waals surface area contributed by atoms with Gasteiger partial charge < -0.3 is 4.90 Å². The van der Waals surface area contributed by atoms with Crippen LogP contribution in [0.4, 0.5) is 0 Å². The fourth-order valence-electron chi connectivity index (χ4n) is 3.80. The van der Waals surface area contributed by atoms with Gasteiger partial charge in [0.2, 0.25) is 5.78 Å². The first-order valence-electron chi connectivity index (χ1n) is 9.38. The molecule has 0 bridgehead atoms. The van der Waals surface area contributed by atoms with E-state index in [1.54, 1.807) is 17.0 Å². The van der Waals surface area contributed by atoms with Crippen LogP contribution in [0.5, 0.6) is 0 Å². The Balaban J connectivity index is 1.40. The molecule has 1 aliphatic rings. The Morgan fingerprint density at radius 3 is 2.57 bits per heavy atom. The average molecular weight is 394 g/mol. The maximum absolute atomic E-state index is 12.5. The molecule has 0 spiro atoms. The van der Waals surface area contributed by atoms with Gasteiger partial charge in [-0.05, 0) is 48.6 Å². The SMILES string of the molecule is O=C(Cc1ccc(Cl)cn1)C(=O)N1CCC(c2ccnc3ccccc23)CC1. The standard InChI is InChI=1S/C22H20ClN3O2/c23-16-5-6-17(25-14-16)13-21(27)22(28)26-11-8-15(9-12-26)18-7-10-24-20-4-2-1-3-19(18)20/h1-7,10,14-15H,8-9,11-13H2. The molecule has 3 aromatic rings. The summed E-state index contributed by atoms with van der Waals surface area (Å²) in [5, 5.41) is 1.67. The number of benzene rings is 1. The van der Waals surface area contributed by atoms with Crippen LogP contribution in [0.2, 0.25) is 5.02 Å². The molecule has 1 aliphatic heterocycles. The molecule has 3 heterocycles. The predicted molar refractivity (Wildman–Crippen MR) is 108 cm³/mol. The van der Waals surface area contributed by atoms with E-state index < -0.39 is 11.7 Å². The molecule has 5 nitrogen and oxygen atoms in total. The number of pyridine rings is 2. The van der Waals surface area contributed by atoms with Gasteiger partial charge in [0.05, 0.1) is 17.0 Å². The highest BCUT2D eigenvalue weighted by molar-refractivity contribution is 6.36. The average Bonchev–Trinajstić information content (AvgIpc) is 2.74. The van der Waals surface area contributed by atoms with Gasteiger partial charge in [0.25, 0.3) is 5.91 Å². The largest absolute Gasteiger partial charge is 0.336 e. The number of amides is 1. The molecule has 1 fully saturated rings. The third-order valence-electron chi connectivity index (χ3n) is 5.27. The molecule has 0 aliphatic carbocycles. The van der Waals surface area contributed by atoms with E-state index >= 15 is 0 Å². The maximum atomic E-state index is 12.5. The van der Waals surface area contributed by atoms with Gasteiger partial charge in [-0.3, -0.25) is 19.6 Å². The van der Waals surface area contributed by atoms with Crippen LogP contribution in [0.3, 0.4) is 0 Å². The lowest BCUT2D eigenvalue weighted by atomic mass is 9.87. The Morgan fingerprint density at radius 2 is 1.82 bits per heavy atom.